The Kier molecular flexibility index (Phi) is 5.24. The van der Waals surface area contributed by atoms with Crippen LogP contribution in [-0.2, 0) is 4.79 Å². The molecule has 5 nitrogen and oxygen atoms in total. The van der Waals surface area contributed by atoms with Crippen LogP contribution >= 0.6 is 15.9 Å². The van der Waals surface area contributed by atoms with Crippen molar-refractivity contribution in [1.82, 2.24) is 4.90 Å². The van der Waals surface area contributed by atoms with E-state index in [1.807, 2.05) is 12.1 Å². The van der Waals surface area contributed by atoms with Gasteiger partial charge in [-0.2, -0.15) is 0 Å². The summed E-state index contributed by atoms with van der Waals surface area (Å²) in [5.41, 5.74) is 7.62. The largest absolute Gasteiger partial charge is 0.495 e. The van der Waals surface area contributed by atoms with Crippen molar-refractivity contribution >= 4 is 27.5 Å². The van der Waals surface area contributed by atoms with Crippen LogP contribution in [0.4, 0.5) is 5.69 Å². The van der Waals surface area contributed by atoms with Crippen molar-refractivity contribution in [3.05, 3.63) is 22.2 Å². The van der Waals surface area contributed by atoms with Crippen LogP contribution < -0.4 is 15.8 Å². The maximum atomic E-state index is 11.5. The lowest BCUT2D eigenvalue weighted by molar-refractivity contribution is -0.114. The van der Waals surface area contributed by atoms with E-state index in [4.69, 9.17) is 10.5 Å². The number of halogens is 1. The van der Waals surface area contributed by atoms with Gasteiger partial charge in [-0.3, -0.25) is 9.69 Å². The minimum absolute atomic E-state index is 0.108. The lowest BCUT2D eigenvalue weighted by atomic mass is 9.98. The fourth-order valence-electron chi connectivity index (χ4n) is 2.99. The molecule has 116 valence electrons. The first-order valence-corrected chi connectivity index (χ1v) is 7.81. The number of carbonyl (C=O) groups is 1. The number of anilines is 1. The summed E-state index contributed by atoms with van der Waals surface area (Å²) in [5.74, 6) is 1.04. The van der Waals surface area contributed by atoms with E-state index in [9.17, 15) is 4.79 Å². The second kappa shape index (κ2) is 6.77. The number of carbonyl (C=O) groups excluding carboxylic acids is 1. The Balaban J connectivity index is 2.48. The van der Waals surface area contributed by atoms with Gasteiger partial charge >= 0.3 is 0 Å². The normalized spacial score (nSPS) is 22.3. The number of nitrogens with zero attached hydrogens (tertiary/aromatic N) is 1. The van der Waals surface area contributed by atoms with Crippen LogP contribution in [0.15, 0.2) is 16.6 Å². The smallest absolute Gasteiger partial charge is 0.221 e. The number of hydrogen-bond acceptors (Lipinski definition) is 4. The molecule has 1 heterocycles. The van der Waals surface area contributed by atoms with Crippen LogP contribution in [-0.4, -0.2) is 38.1 Å². The first kappa shape index (κ1) is 16.3. The number of amides is 1. The van der Waals surface area contributed by atoms with E-state index in [0.717, 1.165) is 28.7 Å². The zero-order valence-electron chi connectivity index (χ0n) is 12.6. The van der Waals surface area contributed by atoms with Crippen molar-refractivity contribution in [1.29, 1.82) is 0 Å². The number of rotatable bonds is 4. The van der Waals surface area contributed by atoms with Crippen LogP contribution in [0.1, 0.15) is 24.9 Å². The predicted octanol–water partition coefficient (Wildman–Crippen LogP) is 2.37. The van der Waals surface area contributed by atoms with E-state index in [1.165, 1.54) is 6.92 Å². The van der Waals surface area contributed by atoms with Gasteiger partial charge in [0.25, 0.3) is 0 Å². The van der Waals surface area contributed by atoms with Crippen molar-refractivity contribution in [2.24, 2.45) is 11.7 Å². The molecule has 3 N–H and O–H groups in total. The lowest BCUT2D eigenvalue weighted by Gasteiger charge is -2.25. The van der Waals surface area contributed by atoms with Crippen molar-refractivity contribution in [3.8, 4) is 5.75 Å². The number of likely N-dealkylation sites (tertiary alicyclic amines) is 1. The molecule has 21 heavy (non-hydrogen) atoms. The molecule has 6 heteroatoms. The summed E-state index contributed by atoms with van der Waals surface area (Å²) in [6, 6.07) is 4.03. The van der Waals surface area contributed by atoms with Gasteiger partial charge in [-0.05, 0) is 38.1 Å². The van der Waals surface area contributed by atoms with Gasteiger partial charge in [0.15, 0.2) is 0 Å². The van der Waals surface area contributed by atoms with Crippen molar-refractivity contribution in [2.45, 2.75) is 19.4 Å². The van der Waals surface area contributed by atoms with Crippen LogP contribution in [0.5, 0.6) is 5.75 Å². The fourth-order valence-corrected chi connectivity index (χ4v) is 3.58. The Morgan fingerprint density at radius 3 is 2.81 bits per heavy atom. The first-order valence-electron chi connectivity index (χ1n) is 7.02. The maximum absolute atomic E-state index is 11.5. The van der Waals surface area contributed by atoms with E-state index in [1.54, 1.807) is 7.11 Å². The number of methoxy groups -OCH3 is 1. The third-order valence-corrected chi connectivity index (χ3v) is 4.67. The molecule has 2 unspecified atom stereocenters. The zero-order valence-corrected chi connectivity index (χ0v) is 14.2. The average Bonchev–Trinajstić information content (AvgIpc) is 2.80. The highest BCUT2D eigenvalue weighted by Gasteiger charge is 2.33. The highest BCUT2D eigenvalue weighted by molar-refractivity contribution is 9.10. The predicted molar refractivity (Wildman–Crippen MR) is 87.5 cm³/mol. The molecule has 0 saturated carbocycles. The quantitative estimate of drug-likeness (QED) is 0.869. The molecule has 0 radical (unpaired) electrons. The Morgan fingerprint density at radius 1 is 1.57 bits per heavy atom. The number of nitrogens with one attached hydrogen (secondary N) is 1. The van der Waals surface area contributed by atoms with E-state index < -0.39 is 0 Å². The van der Waals surface area contributed by atoms with Gasteiger partial charge in [-0.15, -0.1) is 0 Å². The van der Waals surface area contributed by atoms with Crippen molar-refractivity contribution in [3.63, 3.8) is 0 Å². The summed E-state index contributed by atoms with van der Waals surface area (Å²) in [4.78, 5) is 13.8. The fraction of sp³-hybridized carbons (Fsp3) is 0.533. The third kappa shape index (κ3) is 3.39. The first-order chi connectivity index (χ1) is 9.97. The molecule has 1 aliphatic heterocycles. The van der Waals surface area contributed by atoms with Gasteiger partial charge in [-0.1, -0.05) is 15.9 Å². The van der Waals surface area contributed by atoms with E-state index in [-0.39, 0.29) is 11.9 Å². The van der Waals surface area contributed by atoms with Crippen molar-refractivity contribution < 1.29 is 9.53 Å². The minimum Gasteiger partial charge on any atom is -0.495 e. The molecular weight excluding hydrogens is 334 g/mol. The van der Waals surface area contributed by atoms with Crippen LogP contribution in [0, 0.1) is 5.92 Å². The highest BCUT2D eigenvalue weighted by atomic mass is 79.9. The standard InChI is InChI=1S/C15H22BrN3O2/c1-9(20)18-15-13(21-3)5-4-11(16)14(15)12-6-10(7-17)8-19(12)2/h4-5,10,12H,6-8,17H2,1-3H3,(H,18,20). The molecule has 0 aliphatic carbocycles. The molecule has 1 aliphatic rings. The van der Waals surface area contributed by atoms with Crippen LogP contribution in [0.2, 0.25) is 0 Å². The average molecular weight is 356 g/mol. The van der Waals surface area contributed by atoms with Gasteiger partial charge in [0.2, 0.25) is 5.91 Å². The van der Waals surface area contributed by atoms with Crippen molar-refractivity contribution in [2.75, 3.05) is 32.6 Å². The minimum atomic E-state index is -0.108. The Bertz CT molecular complexity index is 536. The maximum Gasteiger partial charge on any atom is 0.221 e. The summed E-state index contributed by atoms with van der Waals surface area (Å²) in [6.45, 7) is 3.15. The molecule has 0 bridgehead atoms. The molecule has 2 rings (SSSR count). The van der Waals surface area contributed by atoms with Gasteiger partial charge in [0, 0.05) is 29.5 Å². The summed E-state index contributed by atoms with van der Waals surface area (Å²) in [6.07, 6.45) is 0.978. The molecular formula is C15H22BrN3O2. The van der Waals surface area contributed by atoms with Crippen LogP contribution in [0.3, 0.4) is 0 Å². The van der Waals surface area contributed by atoms with Gasteiger partial charge < -0.3 is 15.8 Å². The molecule has 1 aromatic rings. The molecule has 1 aromatic carbocycles. The summed E-state index contributed by atoms with van der Waals surface area (Å²) in [7, 11) is 3.70. The Hall–Kier alpha value is -1.11. The monoisotopic (exact) mass is 355 g/mol. The molecule has 1 saturated heterocycles. The summed E-state index contributed by atoms with van der Waals surface area (Å²) < 4.78 is 6.38. The highest BCUT2D eigenvalue weighted by Crippen LogP contribution is 2.44. The second-order valence-corrected chi connectivity index (χ2v) is 6.37. The van der Waals surface area contributed by atoms with Gasteiger partial charge in [0.05, 0.1) is 12.8 Å². The lowest BCUT2D eigenvalue weighted by Crippen LogP contribution is -2.22. The second-order valence-electron chi connectivity index (χ2n) is 5.51. The molecule has 1 amide bonds. The molecule has 2 atom stereocenters. The number of nitrogens with two attached hydrogens (primary N) is 1. The SMILES string of the molecule is COc1ccc(Br)c(C2CC(CN)CN2C)c1NC(C)=O. The van der Waals surface area contributed by atoms with Gasteiger partial charge in [0.1, 0.15) is 5.75 Å². The van der Waals surface area contributed by atoms with Crippen LogP contribution in [0.25, 0.3) is 0 Å². The number of hydrogen-bond donors (Lipinski definition) is 2. The molecule has 1 fully saturated rings. The topological polar surface area (TPSA) is 67.6 Å². The Morgan fingerprint density at radius 2 is 2.29 bits per heavy atom. The Labute approximate surface area is 134 Å². The van der Waals surface area contributed by atoms with E-state index in [2.05, 4.69) is 33.2 Å². The summed E-state index contributed by atoms with van der Waals surface area (Å²) in [5, 5.41) is 2.91. The molecule has 0 aromatic heterocycles. The van der Waals surface area contributed by atoms with E-state index >= 15 is 0 Å². The van der Waals surface area contributed by atoms with Gasteiger partial charge in [-0.25, -0.2) is 0 Å². The molecule has 0 spiro atoms. The number of ether oxygens (including phenoxy) is 1. The zero-order chi connectivity index (χ0) is 15.6. The third-order valence-electron chi connectivity index (χ3n) is 3.98. The summed E-state index contributed by atoms with van der Waals surface area (Å²) >= 11 is 3.62. The number of benzene rings is 1. The van der Waals surface area contributed by atoms with E-state index in [0.29, 0.717) is 18.2 Å².